The van der Waals surface area contributed by atoms with Gasteiger partial charge in [0.15, 0.2) is 0 Å². The Bertz CT molecular complexity index is 445. The Morgan fingerprint density at radius 1 is 1.30 bits per heavy atom. The van der Waals surface area contributed by atoms with Crippen molar-refractivity contribution >= 4 is 18.3 Å². The summed E-state index contributed by atoms with van der Waals surface area (Å²) in [5, 5.41) is 2.94. The fourth-order valence-corrected chi connectivity index (χ4v) is 2.61. The fraction of sp³-hybridized carbons (Fsp3) is 0.533. The van der Waals surface area contributed by atoms with Crippen LogP contribution >= 0.6 is 12.4 Å². The second-order valence-corrected chi connectivity index (χ2v) is 5.21. The number of para-hydroxylation sites is 1. The Hall–Kier alpha value is -1.26. The molecule has 20 heavy (non-hydrogen) atoms. The number of nitrogens with one attached hydrogen (secondary N) is 1. The van der Waals surface area contributed by atoms with Crippen LogP contribution in [-0.2, 0) is 11.3 Å². The molecule has 1 aromatic rings. The molecule has 4 nitrogen and oxygen atoms in total. The molecule has 0 saturated heterocycles. The number of carbonyl (C=O) groups is 1. The van der Waals surface area contributed by atoms with Crippen LogP contribution in [0.4, 0.5) is 0 Å². The third-order valence-electron chi connectivity index (χ3n) is 3.83. The van der Waals surface area contributed by atoms with Gasteiger partial charge >= 0.3 is 0 Å². The van der Waals surface area contributed by atoms with Crippen molar-refractivity contribution in [1.29, 1.82) is 0 Å². The molecule has 5 heteroatoms. The average Bonchev–Trinajstić information content (AvgIpc) is 2.45. The van der Waals surface area contributed by atoms with E-state index in [-0.39, 0.29) is 18.3 Å². The van der Waals surface area contributed by atoms with Crippen LogP contribution in [0.1, 0.15) is 37.7 Å². The third-order valence-corrected chi connectivity index (χ3v) is 3.83. The molecule has 1 aliphatic carbocycles. The SMILES string of the molecule is COc1ccccc1CNC(=O)C1(N)CCCCC1.Cl. The van der Waals surface area contributed by atoms with Gasteiger partial charge in [-0.05, 0) is 18.9 Å². The second kappa shape index (κ2) is 7.50. The molecular weight excluding hydrogens is 276 g/mol. The first-order valence-electron chi connectivity index (χ1n) is 6.85. The van der Waals surface area contributed by atoms with Crippen LogP contribution in [0.5, 0.6) is 5.75 Å². The van der Waals surface area contributed by atoms with Crippen molar-refractivity contribution < 1.29 is 9.53 Å². The molecule has 0 bridgehead atoms. The monoisotopic (exact) mass is 298 g/mol. The topological polar surface area (TPSA) is 64.3 Å². The molecule has 0 aromatic heterocycles. The largest absolute Gasteiger partial charge is 0.496 e. The highest BCUT2D eigenvalue weighted by Crippen LogP contribution is 2.26. The van der Waals surface area contributed by atoms with E-state index < -0.39 is 5.54 Å². The lowest BCUT2D eigenvalue weighted by molar-refractivity contribution is -0.127. The number of hydrogen-bond donors (Lipinski definition) is 2. The molecule has 1 aliphatic rings. The van der Waals surface area contributed by atoms with Crippen molar-refractivity contribution in [2.24, 2.45) is 5.73 Å². The number of halogens is 1. The van der Waals surface area contributed by atoms with E-state index in [0.29, 0.717) is 6.54 Å². The Kier molecular flexibility index (Phi) is 6.30. The minimum atomic E-state index is -0.680. The van der Waals surface area contributed by atoms with Crippen molar-refractivity contribution in [3.05, 3.63) is 29.8 Å². The molecule has 0 spiro atoms. The first kappa shape index (κ1) is 16.8. The number of carbonyl (C=O) groups excluding carboxylic acids is 1. The zero-order chi connectivity index (χ0) is 13.7. The van der Waals surface area contributed by atoms with E-state index in [2.05, 4.69) is 5.32 Å². The van der Waals surface area contributed by atoms with Gasteiger partial charge in [0.2, 0.25) is 5.91 Å². The van der Waals surface area contributed by atoms with Crippen molar-refractivity contribution in [2.75, 3.05) is 7.11 Å². The summed E-state index contributed by atoms with van der Waals surface area (Å²) >= 11 is 0. The lowest BCUT2D eigenvalue weighted by Crippen LogP contribution is -2.54. The standard InChI is InChI=1S/C15H22N2O2.ClH/c1-19-13-8-4-3-7-12(13)11-17-14(18)15(16)9-5-2-6-10-15;/h3-4,7-8H,2,5-6,9-11,16H2,1H3,(H,17,18);1H. The minimum Gasteiger partial charge on any atom is -0.496 e. The summed E-state index contributed by atoms with van der Waals surface area (Å²) in [6.07, 6.45) is 4.82. The summed E-state index contributed by atoms with van der Waals surface area (Å²) in [6, 6.07) is 7.68. The summed E-state index contributed by atoms with van der Waals surface area (Å²) in [5.41, 5.74) is 6.48. The normalized spacial score (nSPS) is 16.9. The van der Waals surface area contributed by atoms with Gasteiger partial charge in [0.1, 0.15) is 5.75 Å². The van der Waals surface area contributed by atoms with Gasteiger partial charge in [0.25, 0.3) is 0 Å². The number of benzene rings is 1. The summed E-state index contributed by atoms with van der Waals surface area (Å²) in [7, 11) is 1.63. The Morgan fingerprint density at radius 3 is 2.60 bits per heavy atom. The third kappa shape index (κ3) is 3.87. The van der Waals surface area contributed by atoms with Crippen molar-refractivity contribution in [2.45, 2.75) is 44.2 Å². The maximum Gasteiger partial charge on any atom is 0.240 e. The smallest absolute Gasteiger partial charge is 0.240 e. The van der Waals surface area contributed by atoms with Crippen LogP contribution < -0.4 is 15.8 Å². The number of ether oxygens (including phenoxy) is 1. The molecule has 0 radical (unpaired) electrons. The quantitative estimate of drug-likeness (QED) is 0.897. The van der Waals surface area contributed by atoms with E-state index in [0.717, 1.165) is 37.0 Å². The van der Waals surface area contributed by atoms with E-state index in [1.165, 1.54) is 6.42 Å². The van der Waals surface area contributed by atoms with Gasteiger partial charge in [-0.15, -0.1) is 12.4 Å². The molecule has 112 valence electrons. The maximum atomic E-state index is 12.2. The molecule has 1 saturated carbocycles. The first-order chi connectivity index (χ1) is 9.15. The van der Waals surface area contributed by atoms with Crippen molar-refractivity contribution in [1.82, 2.24) is 5.32 Å². The van der Waals surface area contributed by atoms with E-state index in [1.807, 2.05) is 24.3 Å². The number of amides is 1. The minimum absolute atomic E-state index is 0. The zero-order valence-corrected chi connectivity index (χ0v) is 12.7. The number of hydrogen-bond acceptors (Lipinski definition) is 3. The number of nitrogens with two attached hydrogens (primary N) is 1. The molecule has 3 N–H and O–H groups in total. The lowest BCUT2D eigenvalue weighted by atomic mass is 9.82. The van der Waals surface area contributed by atoms with Crippen LogP contribution in [0.15, 0.2) is 24.3 Å². The van der Waals surface area contributed by atoms with E-state index in [4.69, 9.17) is 10.5 Å². The lowest BCUT2D eigenvalue weighted by Gasteiger charge is -2.31. The van der Waals surface area contributed by atoms with Gasteiger partial charge in [-0.3, -0.25) is 4.79 Å². The summed E-state index contributed by atoms with van der Waals surface area (Å²) in [4.78, 5) is 12.2. The molecule has 0 atom stereocenters. The van der Waals surface area contributed by atoms with Gasteiger partial charge in [0, 0.05) is 12.1 Å². The molecular formula is C15H23ClN2O2. The van der Waals surface area contributed by atoms with E-state index in [9.17, 15) is 4.79 Å². The Balaban J connectivity index is 0.00000200. The van der Waals surface area contributed by atoms with Gasteiger partial charge in [-0.1, -0.05) is 37.5 Å². The van der Waals surface area contributed by atoms with Crippen LogP contribution in [0, 0.1) is 0 Å². The molecule has 1 aromatic carbocycles. The molecule has 0 unspecified atom stereocenters. The Morgan fingerprint density at radius 2 is 1.95 bits per heavy atom. The summed E-state index contributed by atoms with van der Waals surface area (Å²) in [5.74, 6) is 0.746. The van der Waals surface area contributed by atoms with Gasteiger partial charge < -0.3 is 15.8 Å². The highest BCUT2D eigenvalue weighted by Gasteiger charge is 2.34. The average molecular weight is 299 g/mol. The number of methoxy groups -OCH3 is 1. The second-order valence-electron chi connectivity index (χ2n) is 5.21. The first-order valence-corrected chi connectivity index (χ1v) is 6.85. The zero-order valence-electron chi connectivity index (χ0n) is 11.9. The van der Waals surface area contributed by atoms with Crippen LogP contribution in [0.3, 0.4) is 0 Å². The van der Waals surface area contributed by atoms with Gasteiger partial charge in [-0.25, -0.2) is 0 Å². The summed E-state index contributed by atoms with van der Waals surface area (Å²) < 4.78 is 5.27. The number of rotatable bonds is 4. The molecule has 0 aliphatic heterocycles. The molecule has 2 rings (SSSR count). The van der Waals surface area contributed by atoms with Gasteiger partial charge in [0.05, 0.1) is 12.6 Å². The van der Waals surface area contributed by atoms with Crippen LogP contribution in [0.2, 0.25) is 0 Å². The highest BCUT2D eigenvalue weighted by molar-refractivity contribution is 5.86. The molecule has 0 heterocycles. The summed E-state index contributed by atoms with van der Waals surface area (Å²) in [6.45, 7) is 0.460. The predicted molar refractivity (Wildman–Crippen MR) is 82.1 cm³/mol. The molecule has 1 amide bonds. The van der Waals surface area contributed by atoms with Crippen LogP contribution in [0.25, 0.3) is 0 Å². The highest BCUT2D eigenvalue weighted by atomic mass is 35.5. The van der Waals surface area contributed by atoms with Crippen molar-refractivity contribution in [3.63, 3.8) is 0 Å². The predicted octanol–water partition coefficient (Wildman–Crippen LogP) is 2.39. The maximum absolute atomic E-state index is 12.2. The van der Waals surface area contributed by atoms with Crippen molar-refractivity contribution in [3.8, 4) is 5.75 Å². The van der Waals surface area contributed by atoms with E-state index in [1.54, 1.807) is 7.11 Å². The van der Waals surface area contributed by atoms with Gasteiger partial charge in [-0.2, -0.15) is 0 Å². The fourth-order valence-electron chi connectivity index (χ4n) is 2.61. The Labute approximate surface area is 126 Å². The van der Waals surface area contributed by atoms with Crippen LogP contribution in [-0.4, -0.2) is 18.6 Å². The molecule has 1 fully saturated rings. The van der Waals surface area contributed by atoms with E-state index >= 15 is 0 Å².